The maximum atomic E-state index is 10.8. The first kappa shape index (κ1) is 10.6. The molecule has 2 nitrogen and oxygen atoms in total. The Morgan fingerprint density at radius 3 is 2.77 bits per heavy atom. The number of hydrogen-bond acceptors (Lipinski definition) is 1. The molecular weight excluding hydrogens is 164 g/mol. The Morgan fingerprint density at radius 2 is 2.23 bits per heavy atom. The third-order valence-corrected chi connectivity index (χ3v) is 3.92. The highest BCUT2D eigenvalue weighted by Crippen LogP contribution is 2.55. The smallest absolute Gasteiger partial charge is 0.306 e. The quantitative estimate of drug-likeness (QED) is 0.680. The van der Waals surface area contributed by atoms with Crippen LogP contribution in [0.15, 0.2) is 0 Å². The summed E-state index contributed by atoms with van der Waals surface area (Å²) in [6.07, 6.45) is 5.69. The molecule has 0 aliphatic heterocycles. The molecule has 13 heavy (non-hydrogen) atoms. The Hall–Kier alpha value is -0.530. The zero-order valence-electron chi connectivity index (χ0n) is 7.55. The normalized spacial score (nSPS) is 42.5. The van der Waals surface area contributed by atoms with Gasteiger partial charge in [-0.05, 0) is 37.0 Å². The summed E-state index contributed by atoms with van der Waals surface area (Å²) in [6.45, 7) is 2.27. The van der Waals surface area contributed by atoms with E-state index in [2.05, 4.69) is 6.92 Å². The maximum absolute atomic E-state index is 10.8. The fourth-order valence-electron chi connectivity index (χ4n) is 3.15. The average molecular weight is 184 g/mol. The largest absolute Gasteiger partial charge is 0.481 e. The van der Waals surface area contributed by atoms with Gasteiger partial charge >= 0.3 is 5.97 Å². The highest BCUT2D eigenvalue weighted by atomic mass is 16.4. The Balaban J connectivity index is 0.000000845. The van der Waals surface area contributed by atoms with E-state index in [-0.39, 0.29) is 13.3 Å². The standard InChI is InChI=1S/C10H16O2.CH4/c1-10-4-2-3-8(10)5-7(6-10)9(11)12;/h7-8H,2-6H2,1H3,(H,11,12);1H4/t7-,8?,10?;/m1./s1. The molecule has 2 heteroatoms. The number of rotatable bonds is 1. The van der Waals surface area contributed by atoms with Crippen LogP contribution in [-0.2, 0) is 4.79 Å². The molecule has 76 valence electrons. The fraction of sp³-hybridized carbons (Fsp3) is 0.909. The first-order valence-electron chi connectivity index (χ1n) is 4.85. The molecule has 0 amide bonds. The van der Waals surface area contributed by atoms with Crippen LogP contribution in [-0.4, -0.2) is 11.1 Å². The topological polar surface area (TPSA) is 37.3 Å². The number of carboxylic acid groups (broad SMARTS) is 1. The SMILES string of the molecule is C.CC12CCCC1C[C@@H](C(=O)O)C2. The number of carboxylic acids is 1. The maximum Gasteiger partial charge on any atom is 0.306 e. The van der Waals surface area contributed by atoms with Crippen LogP contribution in [0.25, 0.3) is 0 Å². The number of hydrogen-bond donors (Lipinski definition) is 1. The summed E-state index contributed by atoms with van der Waals surface area (Å²) in [5, 5.41) is 8.88. The van der Waals surface area contributed by atoms with Crippen molar-refractivity contribution < 1.29 is 9.90 Å². The summed E-state index contributed by atoms with van der Waals surface area (Å²) in [4.78, 5) is 10.8. The van der Waals surface area contributed by atoms with E-state index < -0.39 is 5.97 Å². The molecule has 2 saturated carbocycles. The molecule has 0 saturated heterocycles. The van der Waals surface area contributed by atoms with Crippen molar-refractivity contribution in [3.8, 4) is 0 Å². The van der Waals surface area contributed by atoms with E-state index in [1.165, 1.54) is 19.3 Å². The molecule has 2 fully saturated rings. The summed E-state index contributed by atoms with van der Waals surface area (Å²) < 4.78 is 0. The average Bonchev–Trinajstić information content (AvgIpc) is 2.41. The Morgan fingerprint density at radius 1 is 1.54 bits per heavy atom. The van der Waals surface area contributed by atoms with E-state index in [0.29, 0.717) is 11.3 Å². The van der Waals surface area contributed by atoms with Gasteiger partial charge in [-0.1, -0.05) is 20.8 Å². The van der Waals surface area contributed by atoms with Crippen LogP contribution >= 0.6 is 0 Å². The molecule has 0 heterocycles. The van der Waals surface area contributed by atoms with E-state index in [0.717, 1.165) is 12.8 Å². The monoisotopic (exact) mass is 184 g/mol. The van der Waals surface area contributed by atoms with Crippen molar-refractivity contribution in [3.05, 3.63) is 0 Å². The van der Waals surface area contributed by atoms with E-state index in [9.17, 15) is 4.79 Å². The van der Waals surface area contributed by atoms with Gasteiger partial charge in [-0.25, -0.2) is 0 Å². The molecule has 3 atom stereocenters. The minimum Gasteiger partial charge on any atom is -0.481 e. The molecule has 0 aromatic rings. The lowest BCUT2D eigenvalue weighted by molar-refractivity contribution is -0.141. The highest BCUT2D eigenvalue weighted by molar-refractivity contribution is 5.70. The lowest BCUT2D eigenvalue weighted by Crippen LogP contribution is -2.15. The van der Waals surface area contributed by atoms with Crippen molar-refractivity contribution in [2.45, 2.75) is 46.5 Å². The van der Waals surface area contributed by atoms with Crippen LogP contribution in [0.4, 0.5) is 0 Å². The lowest BCUT2D eigenvalue weighted by Gasteiger charge is -2.22. The summed E-state index contributed by atoms with van der Waals surface area (Å²) in [5.41, 5.74) is 0.378. The molecule has 2 aliphatic carbocycles. The van der Waals surface area contributed by atoms with E-state index in [4.69, 9.17) is 5.11 Å². The molecular formula is C11H20O2. The predicted molar refractivity (Wildman–Crippen MR) is 52.5 cm³/mol. The molecule has 0 radical (unpaired) electrons. The summed E-state index contributed by atoms with van der Waals surface area (Å²) in [7, 11) is 0. The third kappa shape index (κ3) is 1.59. The van der Waals surface area contributed by atoms with Crippen molar-refractivity contribution in [1.29, 1.82) is 0 Å². The number of aliphatic carboxylic acids is 1. The van der Waals surface area contributed by atoms with Crippen molar-refractivity contribution >= 4 is 5.97 Å². The molecule has 2 rings (SSSR count). The molecule has 1 N–H and O–H groups in total. The van der Waals surface area contributed by atoms with E-state index in [1.54, 1.807) is 0 Å². The van der Waals surface area contributed by atoms with Crippen LogP contribution in [0, 0.1) is 17.3 Å². The van der Waals surface area contributed by atoms with Gasteiger partial charge in [0.05, 0.1) is 5.92 Å². The Kier molecular flexibility index (Phi) is 2.69. The molecule has 0 spiro atoms. The van der Waals surface area contributed by atoms with Crippen molar-refractivity contribution in [2.75, 3.05) is 0 Å². The molecule has 2 aliphatic rings. The van der Waals surface area contributed by atoms with E-state index >= 15 is 0 Å². The second-order valence-corrected chi connectivity index (χ2v) is 4.72. The molecule has 2 unspecified atom stereocenters. The predicted octanol–water partition coefficient (Wildman–Crippen LogP) is 2.92. The second kappa shape index (κ2) is 3.32. The number of carbonyl (C=O) groups is 1. The third-order valence-electron chi connectivity index (χ3n) is 3.92. The molecule has 0 bridgehead atoms. The minimum absolute atomic E-state index is 0. The van der Waals surface area contributed by atoms with E-state index in [1.807, 2.05) is 0 Å². The van der Waals surface area contributed by atoms with Crippen molar-refractivity contribution in [2.24, 2.45) is 17.3 Å². The first-order valence-corrected chi connectivity index (χ1v) is 4.85. The minimum atomic E-state index is -0.578. The van der Waals surface area contributed by atoms with Gasteiger partial charge in [0.15, 0.2) is 0 Å². The van der Waals surface area contributed by atoms with Crippen LogP contribution < -0.4 is 0 Å². The Labute approximate surface area is 80.3 Å². The first-order chi connectivity index (χ1) is 5.62. The molecule has 0 aromatic heterocycles. The van der Waals surface area contributed by atoms with Gasteiger partial charge in [-0.15, -0.1) is 0 Å². The van der Waals surface area contributed by atoms with Gasteiger partial charge < -0.3 is 5.11 Å². The second-order valence-electron chi connectivity index (χ2n) is 4.72. The van der Waals surface area contributed by atoms with Gasteiger partial charge in [-0.3, -0.25) is 4.79 Å². The Bertz CT molecular complexity index is 212. The molecule has 0 aromatic carbocycles. The van der Waals surface area contributed by atoms with Crippen LogP contribution in [0.3, 0.4) is 0 Å². The fourth-order valence-corrected chi connectivity index (χ4v) is 3.15. The zero-order chi connectivity index (χ0) is 8.77. The van der Waals surface area contributed by atoms with Crippen molar-refractivity contribution in [1.82, 2.24) is 0 Å². The summed E-state index contributed by atoms with van der Waals surface area (Å²) in [6, 6.07) is 0. The van der Waals surface area contributed by atoms with Crippen LogP contribution in [0.1, 0.15) is 46.5 Å². The highest BCUT2D eigenvalue weighted by Gasteiger charge is 2.48. The van der Waals surface area contributed by atoms with Crippen molar-refractivity contribution in [3.63, 3.8) is 0 Å². The van der Waals surface area contributed by atoms with Gasteiger partial charge in [0, 0.05) is 0 Å². The van der Waals surface area contributed by atoms with Crippen LogP contribution in [0.2, 0.25) is 0 Å². The van der Waals surface area contributed by atoms with Gasteiger partial charge in [0.2, 0.25) is 0 Å². The van der Waals surface area contributed by atoms with Gasteiger partial charge in [0.25, 0.3) is 0 Å². The summed E-state index contributed by atoms with van der Waals surface area (Å²) >= 11 is 0. The van der Waals surface area contributed by atoms with Crippen LogP contribution in [0.5, 0.6) is 0 Å². The lowest BCUT2D eigenvalue weighted by atomic mass is 9.82. The van der Waals surface area contributed by atoms with Gasteiger partial charge in [0.1, 0.15) is 0 Å². The zero-order valence-corrected chi connectivity index (χ0v) is 7.55. The summed E-state index contributed by atoms with van der Waals surface area (Å²) in [5.74, 6) is 0.0875. The van der Waals surface area contributed by atoms with Gasteiger partial charge in [-0.2, -0.15) is 0 Å². The number of fused-ring (bicyclic) bond motifs is 1.